The lowest BCUT2D eigenvalue weighted by molar-refractivity contribution is 0.0783. The predicted octanol–water partition coefficient (Wildman–Crippen LogP) is 1.84. The van der Waals surface area contributed by atoms with E-state index < -0.39 is 6.17 Å². The van der Waals surface area contributed by atoms with Crippen molar-refractivity contribution in [1.29, 1.82) is 0 Å². The highest BCUT2D eigenvalue weighted by Gasteiger charge is 2.35. The van der Waals surface area contributed by atoms with Gasteiger partial charge in [-0.2, -0.15) is 4.98 Å². The fourth-order valence-electron chi connectivity index (χ4n) is 3.41. The molecule has 3 rings (SSSR count). The van der Waals surface area contributed by atoms with Crippen LogP contribution in [-0.2, 0) is 0 Å². The van der Waals surface area contributed by atoms with Crippen LogP contribution in [0.3, 0.4) is 0 Å². The molecule has 146 valence electrons. The van der Waals surface area contributed by atoms with Crippen LogP contribution in [0.1, 0.15) is 28.2 Å². The maximum absolute atomic E-state index is 14.2. The maximum atomic E-state index is 14.2. The van der Waals surface area contributed by atoms with Crippen molar-refractivity contribution in [3.05, 3.63) is 29.3 Å². The number of amides is 1. The number of rotatable bonds is 5. The number of hydrogen-bond donors (Lipinski definition) is 0. The summed E-state index contributed by atoms with van der Waals surface area (Å²) < 4.78 is 19.3. The number of aryl methyl sites for hydroxylation is 2. The molecule has 9 heteroatoms. The molecule has 0 saturated carbocycles. The third kappa shape index (κ3) is 3.86. The minimum absolute atomic E-state index is 0.167. The summed E-state index contributed by atoms with van der Waals surface area (Å²) in [6.45, 7) is 4.08. The number of nitrogens with zero attached hydrogens (tertiary/aromatic N) is 6. The molecule has 8 nitrogen and oxygen atoms in total. The van der Waals surface area contributed by atoms with Crippen LogP contribution in [0, 0.1) is 13.8 Å². The monoisotopic (exact) mass is 376 g/mol. The first-order chi connectivity index (χ1) is 12.8. The molecule has 0 unspecified atom stereocenters. The summed E-state index contributed by atoms with van der Waals surface area (Å²) in [5, 5.41) is 3.84. The summed E-state index contributed by atoms with van der Waals surface area (Å²) in [7, 11) is 5.42. The zero-order chi connectivity index (χ0) is 19.7. The van der Waals surface area contributed by atoms with Crippen molar-refractivity contribution in [2.75, 3.05) is 44.0 Å². The molecule has 0 bridgehead atoms. The third-order valence-electron chi connectivity index (χ3n) is 4.76. The lowest BCUT2D eigenvalue weighted by Gasteiger charge is -2.29. The zero-order valence-corrected chi connectivity index (χ0v) is 16.3. The Kier molecular flexibility index (Phi) is 5.29. The first-order valence-electron chi connectivity index (χ1n) is 8.87. The molecule has 2 aromatic rings. The summed E-state index contributed by atoms with van der Waals surface area (Å²) in [6.07, 6.45) is 1.05. The fourth-order valence-corrected chi connectivity index (χ4v) is 3.41. The zero-order valence-electron chi connectivity index (χ0n) is 16.3. The van der Waals surface area contributed by atoms with E-state index in [4.69, 9.17) is 4.52 Å². The van der Waals surface area contributed by atoms with Gasteiger partial charge in [0.15, 0.2) is 0 Å². The maximum Gasteiger partial charge on any atom is 0.259 e. The Morgan fingerprint density at radius 1 is 1.37 bits per heavy atom. The van der Waals surface area contributed by atoms with Crippen LogP contribution in [-0.4, -0.2) is 72.4 Å². The van der Waals surface area contributed by atoms with Gasteiger partial charge >= 0.3 is 0 Å². The lowest BCUT2D eigenvalue weighted by atomic mass is 10.1. The molecular formula is C18H25FN6O2. The second-order valence-corrected chi connectivity index (χ2v) is 7.13. The summed E-state index contributed by atoms with van der Waals surface area (Å²) in [5.41, 5.74) is 1.03. The normalized spacial score (nSPS) is 19.4. The number of halogens is 1. The average molecular weight is 376 g/mol. The molecule has 1 aliphatic heterocycles. The standard InChI is InChI=1S/C18H25FN6O2/c1-11-16(12(2)27-22-11)17(26)24(5)10-14-8-13(19)9-25(14)15-6-7-20-18(21-15)23(3)4/h6-7,13-14H,8-10H2,1-5H3/t13-,14-/m0/s1. The first-order valence-corrected chi connectivity index (χ1v) is 8.87. The van der Waals surface area contributed by atoms with Gasteiger partial charge in [-0.05, 0) is 19.9 Å². The van der Waals surface area contributed by atoms with Crippen LogP contribution in [0.2, 0.25) is 0 Å². The molecule has 27 heavy (non-hydrogen) atoms. The Morgan fingerprint density at radius 3 is 2.74 bits per heavy atom. The Hall–Kier alpha value is -2.71. The van der Waals surface area contributed by atoms with Gasteiger partial charge in [0.05, 0.1) is 18.3 Å². The first kappa shape index (κ1) is 19.1. The smallest absolute Gasteiger partial charge is 0.259 e. The predicted molar refractivity (Wildman–Crippen MR) is 99.9 cm³/mol. The van der Waals surface area contributed by atoms with Crippen LogP contribution in [0.4, 0.5) is 16.2 Å². The van der Waals surface area contributed by atoms with Crippen molar-refractivity contribution < 1.29 is 13.7 Å². The van der Waals surface area contributed by atoms with Crippen molar-refractivity contribution in [3.8, 4) is 0 Å². The molecule has 2 aromatic heterocycles. The van der Waals surface area contributed by atoms with Gasteiger partial charge in [0, 0.05) is 40.3 Å². The average Bonchev–Trinajstić information content (AvgIpc) is 3.16. The number of aromatic nitrogens is 3. The Balaban J connectivity index is 1.78. The molecule has 3 heterocycles. The van der Waals surface area contributed by atoms with Gasteiger partial charge in [0.2, 0.25) is 5.95 Å². The van der Waals surface area contributed by atoms with E-state index >= 15 is 0 Å². The topological polar surface area (TPSA) is 78.6 Å². The van der Waals surface area contributed by atoms with Crippen LogP contribution in [0.15, 0.2) is 16.8 Å². The van der Waals surface area contributed by atoms with E-state index in [-0.39, 0.29) is 18.5 Å². The van der Waals surface area contributed by atoms with E-state index in [0.29, 0.717) is 41.7 Å². The lowest BCUT2D eigenvalue weighted by Crippen LogP contribution is -2.42. The van der Waals surface area contributed by atoms with Gasteiger partial charge in [-0.15, -0.1) is 0 Å². The Bertz CT molecular complexity index is 804. The van der Waals surface area contributed by atoms with Gasteiger partial charge in [-0.1, -0.05) is 5.16 Å². The second-order valence-electron chi connectivity index (χ2n) is 7.13. The van der Waals surface area contributed by atoms with Gasteiger partial charge in [0.25, 0.3) is 5.91 Å². The van der Waals surface area contributed by atoms with Crippen LogP contribution in [0.5, 0.6) is 0 Å². The molecule has 1 fully saturated rings. The molecule has 0 aliphatic carbocycles. The van der Waals surface area contributed by atoms with Crippen molar-refractivity contribution >= 4 is 17.7 Å². The molecule has 1 amide bonds. The van der Waals surface area contributed by atoms with E-state index in [2.05, 4.69) is 15.1 Å². The molecule has 0 spiro atoms. The number of likely N-dealkylation sites (N-methyl/N-ethyl adjacent to an activating group) is 1. The van der Waals surface area contributed by atoms with Gasteiger partial charge in [0.1, 0.15) is 23.3 Å². The van der Waals surface area contributed by atoms with Gasteiger partial charge < -0.3 is 19.2 Å². The van der Waals surface area contributed by atoms with E-state index in [1.54, 1.807) is 43.0 Å². The number of anilines is 2. The number of carbonyl (C=O) groups is 1. The van der Waals surface area contributed by atoms with Crippen molar-refractivity contribution in [1.82, 2.24) is 20.0 Å². The summed E-state index contributed by atoms with van der Waals surface area (Å²) >= 11 is 0. The van der Waals surface area contributed by atoms with E-state index in [0.717, 1.165) is 0 Å². The molecule has 0 radical (unpaired) electrons. The molecular weight excluding hydrogens is 351 g/mol. The van der Waals surface area contributed by atoms with E-state index in [1.807, 2.05) is 19.0 Å². The Morgan fingerprint density at radius 2 is 2.11 bits per heavy atom. The number of hydrogen-bond acceptors (Lipinski definition) is 7. The SMILES string of the molecule is Cc1noc(C)c1C(=O)N(C)C[C@@H]1C[C@H](F)CN1c1ccnc(N(C)C)n1. The van der Waals surface area contributed by atoms with E-state index in [9.17, 15) is 9.18 Å². The number of alkyl halides is 1. The third-order valence-corrected chi connectivity index (χ3v) is 4.76. The summed E-state index contributed by atoms with van der Waals surface area (Å²) in [4.78, 5) is 26.8. The fraction of sp³-hybridized carbons (Fsp3) is 0.556. The molecule has 1 aliphatic rings. The van der Waals surface area contributed by atoms with Crippen LogP contribution in [0.25, 0.3) is 0 Å². The summed E-state index contributed by atoms with van der Waals surface area (Å²) in [6, 6.07) is 1.60. The van der Waals surface area contributed by atoms with Crippen LogP contribution < -0.4 is 9.80 Å². The van der Waals surface area contributed by atoms with Crippen molar-refractivity contribution in [2.45, 2.75) is 32.5 Å². The van der Waals surface area contributed by atoms with Gasteiger partial charge in [-0.25, -0.2) is 9.37 Å². The summed E-state index contributed by atoms with van der Waals surface area (Å²) in [5.74, 6) is 1.54. The highest BCUT2D eigenvalue weighted by Crippen LogP contribution is 2.27. The Labute approximate surface area is 158 Å². The number of carbonyl (C=O) groups excluding carboxylic acids is 1. The quantitative estimate of drug-likeness (QED) is 0.788. The van der Waals surface area contributed by atoms with Crippen molar-refractivity contribution in [3.63, 3.8) is 0 Å². The van der Waals surface area contributed by atoms with Crippen LogP contribution >= 0.6 is 0 Å². The highest BCUT2D eigenvalue weighted by atomic mass is 19.1. The second kappa shape index (κ2) is 7.50. The molecule has 0 N–H and O–H groups in total. The minimum Gasteiger partial charge on any atom is -0.361 e. The van der Waals surface area contributed by atoms with Crippen molar-refractivity contribution in [2.24, 2.45) is 0 Å². The van der Waals surface area contributed by atoms with Gasteiger partial charge in [-0.3, -0.25) is 4.79 Å². The van der Waals surface area contributed by atoms with E-state index in [1.165, 1.54) is 0 Å². The molecule has 0 aromatic carbocycles. The largest absolute Gasteiger partial charge is 0.361 e. The minimum atomic E-state index is -0.963. The molecule has 2 atom stereocenters. The highest BCUT2D eigenvalue weighted by molar-refractivity contribution is 5.96. The molecule has 1 saturated heterocycles.